The van der Waals surface area contributed by atoms with Gasteiger partial charge in [-0.15, -0.1) is 0 Å². The van der Waals surface area contributed by atoms with Crippen molar-refractivity contribution in [3.8, 4) is 11.5 Å². The van der Waals surface area contributed by atoms with E-state index in [2.05, 4.69) is 0 Å². The van der Waals surface area contributed by atoms with Crippen LogP contribution in [0.4, 0.5) is 9.59 Å². The Morgan fingerprint density at radius 1 is 0.586 bits per heavy atom. The molecular formula is C44H54N6O8. The number of hydrogen-bond donors (Lipinski definition) is 4. The Morgan fingerprint density at radius 3 is 1.19 bits per heavy atom. The van der Waals surface area contributed by atoms with Crippen LogP contribution >= 0.6 is 0 Å². The lowest BCUT2D eigenvalue weighted by molar-refractivity contribution is -0.136. The molecule has 4 unspecified atom stereocenters. The van der Waals surface area contributed by atoms with Gasteiger partial charge in [0.25, 0.3) is 11.8 Å². The van der Waals surface area contributed by atoms with E-state index in [4.69, 9.17) is 9.47 Å². The van der Waals surface area contributed by atoms with Crippen LogP contribution in [0.2, 0.25) is 0 Å². The van der Waals surface area contributed by atoms with Gasteiger partial charge in [0.1, 0.15) is 23.6 Å². The SMILES string of the molecule is COc1ccc(C2CN(Cc3ccccc3)C(=O)N2C(C(=O)NO)C(C)C)cc1.COc1ccc(C2CN(Cc3ccccc3)C(=O)N2C(C(=O)NO)C(C)C)cc1. The number of carbonyl (C=O) groups is 4. The van der Waals surface area contributed by atoms with Crippen molar-refractivity contribution in [3.63, 3.8) is 0 Å². The molecule has 2 heterocycles. The quantitative estimate of drug-likeness (QED) is 0.0841. The van der Waals surface area contributed by atoms with Crippen LogP contribution in [0, 0.1) is 11.8 Å². The molecule has 4 aromatic rings. The third kappa shape index (κ3) is 9.87. The highest BCUT2D eigenvalue weighted by molar-refractivity contribution is 5.89. The predicted molar refractivity (Wildman–Crippen MR) is 217 cm³/mol. The van der Waals surface area contributed by atoms with Crippen LogP contribution in [0.5, 0.6) is 11.5 Å². The molecule has 4 atom stereocenters. The summed E-state index contributed by atoms with van der Waals surface area (Å²) < 4.78 is 10.5. The minimum absolute atomic E-state index is 0.177. The zero-order chi connectivity index (χ0) is 41.9. The summed E-state index contributed by atoms with van der Waals surface area (Å²) in [6.45, 7) is 9.24. The fourth-order valence-electron chi connectivity index (χ4n) is 7.66. The molecular weight excluding hydrogens is 741 g/mol. The predicted octanol–water partition coefficient (Wildman–Crippen LogP) is 6.41. The van der Waals surface area contributed by atoms with E-state index in [9.17, 15) is 29.6 Å². The monoisotopic (exact) mass is 794 g/mol. The number of nitrogens with zero attached hydrogens (tertiary/aromatic N) is 4. The summed E-state index contributed by atoms with van der Waals surface area (Å²) in [5.41, 5.74) is 7.31. The Balaban J connectivity index is 0.000000221. The molecule has 0 aliphatic carbocycles. The molecule has 58 heavy (non-hydrogen) atoms. The van der Waals surface area contributed by atoms with Gasteiger partial charge in [0.15, 0.2) is 0 Å². The molecule has 0 bridgehead atoms. The fourth-order valence-corrected chi connectivity index (χ4v) is 7.66. The molecule has 2 aliphatic heterocycles. The van der Waals surface area contributed by atoms with Gasteiger partial charge in [-0.05, 0) is 58.4 Å². The second-order valence-corrected chi connectivity index (χ2v) is 15.0. The average molecular weight is 795 g/mol. The van der Waals surface area contributed by atoms with Gasteiger partial charge in [-0.2, -0.15) is 0 Å². The van der Waals surface area contributed by atoms with Crippen LogP contribution in [-0.4, -0.2) is 93.3 Å². The number of methoxy groups -OCH3 is 2. The van der Waals surface area contributed by atoms with Crippen molar-refractivity contribution < 1.29 is 39.1 Å². The van der Waals surface area contributed by atoms with Crippen LogP contribution < -0.4 is 20.4 Å². The van der Waals surface area contributed by atoms with Crippen molar-refractivity contribution in [3.05, 3.63) is 131 Å². The van der Waals surface area contributed by atoms with Crippen LogP contribution in [0.1, 0.15) is 62.0 Å². The Morgan fingerprint density at radius 2 is 0.914 bits per heavy atom. The summed E-state index contributed by atoms with van der Waals surface area (Å²) in [6.07, 6.45) is 0. The molecule has 2 fully saturated rings. The second kappa shape index (κ2) is 19.8. The van der Waals surface area contributed by atoms with E-state index in [0.717, 1.165) is 33.8 Å². The molecule has 6 amide bonds. The number of rotatable bonds is 14. The van der Waals surface area contributed by atoms with E-state index >= 15 is 0 Å². The molecule has 0 radical (unpaired) electrons. The maximum absolute atomic E-state index is 13.3. The summed E-state index contributed by atoms with van der Waals surface area (Å²) in [4.78, 5) is 58.2. The first-order valence-corrected chi connectivity index (χ1v) is 19.3. The van der Waals surface area contributed by atoms with Crippen molar-refractivity contribution >= 4 is 23.9 Å². The van der Waals surface area contributed by atoms with Crippen LogP contribution in [0.15, 0.2) is 109 Å². The third-order valence-electron chi connectivity index (χ3n) is 10.5. The minimum Gasteiger partial charge on any atom is -0.497 e. The van der Waals surface area contributed by atoms with E-state index in [1.54, 1.807) is 44.8 Å². The number of hydrogen-bond acceptors (Lipinski definition) is 8. The number of ether oxygens (including phenoxy) is 2. The second-order valence-electron chi connectivity index (χ2n) is 15.0. The molecule has 2 aliphatic rings. The van der Waals surface area contributed by atoms with Gasteiger partial charge >= 0.3 is 12.1 Å². The number of nitrogens with one attached hydrogen (secondary N) is 2. The summed E-state index contributed by atoms with van der Waals surface area (Å²) in [5, 5.41) is 18.5. The van der Waals surface area contributed by atoms with E-state index in [-0.39, 0.29) is 36.0 Å². The molecule has 4 aromatic carbocycles. The zero-order valence-electron chi connectivity index (χ0n) is 33.8. The van der Waals surface area contributed by atoms with Crippen molar-refractivity contribution in [2.75, 3.05) is 27.3 Å². The Bertz CT molecular complexity index is 1820. The Labute approximate surface area is 339 Å². The topological polar surface area (TPSA) is 164 Å². The van der Waals surface area contributed by atoms with E-state index in [1.165, 1.54) is 0 Å². The first-order chi connectivity index (χ1) is 27.9. The molecule has 4 N–H and O–H groups in total. The van der Waals surface area contributed by atoms with Gasteiger partial charge in [-0.1, -0.05) is 113 Å². The number of benzene rings is 4. The maximum atomic E-state index is 13.3. The first kappa shape index (κ1) is 43.0. The fraction of sp³-hybridized carbons (Fsp3) is 0.364. The summed E-state index contributed by atoms with van der Waals surface area (Å²) in [5.74, 6) is -0.0903. The summed E-state index contributed by atoms with van der Waals surface area (Å²) >= 11 is 0. The molecule has 14 nitrogen and oxygen atoms in total. The largest absolute Gasteiger partial charge is 0.497 e. The van der Waals surface area contributed by atoms with Gasteiger partial charge in [0.2, 0.25) is 0 Å². The minimum atomic E-state index is -0.791. The van der Waals surface area contributed by atoms with Gasteiger partial charge in [-0.3, -0.25) is 20.0 Å². The van der Waals surface area contributed by atoms with E-state index in [0.29, 0.717) is 26.2 Å². The normalized spacial score (nSPS) is 17.6. The third-order valence-corrected chi connectivity index (χ3v) is 10.5. The van der Waals surface area contributed by atoms with Crippen LogP contribution in [0.3, 0.4) is 0 Å². The molecule has 14 heteroatoms. The van der Waals surface area contributed by atoms with Crippen molar-refractivity contribution in [2.24, 2.45) is 11.8 Å². The van der Waals surface area contributed by atoms with Crippen LogP contribution in [-0.2, 0) is 22.7 Å². The lowest BCUT2D eigenvalue weighted by Gasteiger charge is -2.33. The maximum Gasteiger partial charge on any atom is 0.321 e. The highest BCUT2D eigenvalue weighted by Gasteiger charge is 2.47. The van der Waals surface area contributed by atoms with Crippen molar-refractivity contribution in [2.45, 2.75) is 65.0 Å². The molecule has 6 rings (SSSR count). The first-order valence-electron chi connectivity index (χ1n) is 19.3. The molecule has 0 aromatic heterocycles. The standard InChI is InChI=1S/2C22H27N3O4/c2*1-15(2)20(21(26)23-28)25-19(17-9-11-18(29-3)12-10-17)14-24(22(25)27)13-16-7-5-4-6-8-16/h2*4-12,15,19-20,28H,13-14H2,1-3H3,(H,23,26). The number of amides is 6. The average Bonchev–Trinajstić information content (AvgIpc) is 3.72. The van der Waals surface area contributed by atoms with Gasteiger partial charge < -0.3 is 29.1 Å². The van der Waals surface area contributed by atoms with Gasteiger partial charge in [-0.25, -0.2) is 20.5 Å². The van der Waals surface area contributed by atoms with Crippen molar-refractivity contribution in [1.29, 1.82) is 0 Å². The van der Waals surface area contributed by atoms with Crippen LogP contribution in [0.25, 0.3) is 0 Å². The van der Waals surface area contributed by atoms with Gasteiger partial charge in [0, 0.05) is 26.2 Å². The summed E-state index contributed by atoms with van der Waals surface area (Å²) in [6, 6.07) is 31.8. The number of carbonyl (C=O) groups excluding carboxylic acids is 4. The zero-order valence-corrected chi connectivity index (χ0v) is 33.8. The lowest BCUT2D eigenvalue weighted by atomic mass is 9.98. The number of hydroxylamine groups is 2. The molecule has 308 valence electrons. The number of urea groups is 2. The highest BCUT2D eigenvalue weighted by Crippen LogP contribution is 2.37. The molecule has 0 saturated carbocycles. The molecule has 2 saturated heterocycles. The Kier molecular flexibility index (Phi) is 14.7. The van der Waals surface area contributed by atoms with Crippen molar-refractivity contribution in [1.82, 2.24) is 30.6 Å². The highest BCUT2D eigenvalue weighted by atomic mass is 16.5. The van der Waals surface area contributed by atoms with E-state index in [1.807, 2.05) is 137 Å². The lowest BCUT2D eigenvalue weighted by Crippen LogP contribution is -2.51. The Hall–Kier alpha value is -6.12. The molecule has 0 spiro atoms. The van der Waals surface area contributed by atoms with E-state index < -0.39 is 23.9 Å². The smallest absolute Gasteiger partial charge is 0.321 e. The summed E-state index contributed by atoms with van der Waals surface area (Å²) in [7, 11) is 3.20. The van der Waals surface area contributed by atoms with Gasteiger partial charge in [0.05, 0.1) is 26.3 Å².